The molecule has 2 amide bonds. The number of rotatable bonds is 6. The molecule has 7 nitrogen and oxygen atoms in total. The lowest BCUT2D eigenvalue weighted by atomic mass is 10.0. The van der Waals surface area contributed by atoms with Gasteiger partial charge in [0.05, 0.1) is 14.2 Å². The van der Waals surface area contributed by atoms with E-state index in [1.54, 1.807) is 19.2 Å². The highest BCUT2D eigenvalue weighted by Crippen LogP contribution is 2.14. The van der Waals surface area contributed by atoms with Crippen LogP contribution in [0.5, 0.6) is 5.75 Å². The van der Waals surface area contributed by atoms with Crippen molar-refractivity contribution in [3.05, 3.63) is 29.8 Å². The van der Waals surface area contributed by atoms with Gasteiger partial charge < -0.3 is 20.1 Å². The number of nitrogens with one attached hydrogen (secondary N) is 2. The van der Waals surface area contributed by atoms with E-state index in [4.69, 9.17) is 9.47 Å². The quantitative estimate of drug-likeness (QED) is 0.729. The van der Waals surface area contributed by atoms with Crippen molar-refractivity contribution in [3.63, 3.8) is 0 Å². The lowest BCUT2D eigenvalue weighted by Gasteiger charge is -2.19. The smallest absolute Gasteiger partial charge is 0.328 e. The molecular formula is C16H20N2O5. The van der Waals surface area contributed by atoms with Gasteiger partial charge in [0, 0.05) is 12.8 Å². The fourth-order valence-corrected chi connectivity index (χ4v) is 2.42. The second-order valence-corrected chi connectivity index (χ2v) is 5.30. The molecule has 0 aromatic heterocycles. The van der Waals surface area contributed by atoms with Crippen molar-refractivity contribution in [2.75, 3.05) is 14.2 Å². The van der Waals surface area contributed by atoms with Crippen LogP contribution in [0.2, 0.25) is 0 Å². The summed E-state index contributed by atoms with van der Waals surface area (Å²) in [7, 11) is 2.84. The van der Waals surface area contributed by atoms with Crippen LogP contribution in [-0.4, -0.2) is 44.1 Å². The molecular weight excluding hydrogens is 300 g/mol. The van der Waals surface area contributed by atoms with Gasteiger partial charge in [-0.25, -0.2) is 4.79 Å². The van der Waals surface area contributed by atoms with Crippen molar-refractivity contribution in [1.82, 2.24) is 10.6 Å². The minimum atomic E-state index is -0.807. The molecule has 0 aliphatic carbocycles. The predicted octanol–water partition coefficient (Wildman–Crippen LogP) is 0.174. The van der Waals surface area contributed by atoms with Crippen molar-refractivity contribution < 1.29 is 23.9 Å². The van der Waals surface area contributed by atoms with E-state index < -0.39 is 18.1 Å². The molecule has 1 aromatic rings. The predicted molar refractivity (Wildman–Crippen MR) is 81.8 cm³/mol. The Balaban J connectivity index is 2.02. The fraction of sp³-hybridized carbons (Fsp3) is 0.438. The maximum absolute atomic E-state index is 12.2. The van der Waals surface area contributed by atoms with Crippen LogP contribution in [0.1, 0.15) is 18.4 Å². The van der Waals surface area contributed by atoms with Crippen LogP contribution in [0.25, 0.3) is 0 Å². The SMILES string of the molecule is COC(=O)[C@H](Cc1ccc(OC)cc1)NC(=O)[C@@H]1CCC(=O)N1. The second-order valence-electron chi connectivity index (χ2n) is 5.30. The van der Waals surface area contributed by atoms with Crippen LogP contribution >= 0.6 is 0 Å². The normalized spacial score (nSPS) is 18.0. The largest absolute Gasteiger partial charge is 0.497 e. The first-order chi connectivity index (χ1) is 11.0. The molecule has 2 rings (SSSR count). The third-order valence-corrected chi connectivity index (χ3v) is 3.71. The monoisotopic (exact) mass is 320 g/mol. The zero-order valence-electron chi connectivity index (χ0n) is 13.1. The van der Waals surface area contributed by atoms with Crippen molar-refractivity contribution in [2.45, 2.75) is 31.3 Å². The van der Waals surface area contributed by atoms with Gasteiger partial charge in [-0.3, -0.25) is 9.59 Å². The minimum Gasteiger partial charge on any atom is -0.497 e. The molecule has 23 heavy (non-hydrogen) atoms. The Morgan fingerprint density at radius 1 is 1.30 bits per heavy atom. The summed E-state index contributed by atoms with van der Waals surface area (Å²) < 4.78 is 9.83. The molecule has 0 bridgehead atoms. The molecule has 2 N–H and O–H groups in total. The molecule has 1 saturated heterocycles. The van der Waals surface area contributed by atoms with E-state index in [1.165, 1.54) is 7.11 Å². The van der Waals surface area contributed by atoms with Crippen LogP contribution in [0.3, 0.4) is 0 Å². The first-order valence-electron chi connectivity index (χ1n) is 7.34. The summed E-state index contributed by atoms with van der Waals surface area (Å²) >= 11 is 0. The maximum atomic E-state index is 12.2. The molecule has 1 aliphatic heterocycles. The molecule has 1 aromatic carbocycles. The zero-order chi connectivity index (χ0) is 16.8. The van der Waals surface area contributed by atoms with Gasteiger partial charge in [-0.2, -0.15) is 0 Å². The number of carbonyl (C=O) groups is 3. The molecule has 0 radical (unpaired) electrons. The second kappa shape index (κ2) is 7.62. The van der Waals surface area contributed by atoms with Gasteiger partial charge in [-0.1, -0.05) is 12.1 Å². The molecule has 1 aliphatic rings. The molecule has 0 saturated carbocycles. The highest BCUT2D eigenvalue weighted by Gasteiger charge is 2.30. The summed E-state index contributed by atoms with van der Waals surface area (Å²) in [5, 5.41) is 5.22. The van der Waals surface area contributed by atoms with E-state index in [2.05, 4.69) is 10.6 Å². The Morgan fingerprint density at radius 3 is 2.52 bits per heavy atom. The van der Waals surface area contributed by atoms with Crippen LogP contribution in [0, 0.1) is 0 Å². The van der Waals surface area contributed by atoms with Crippen molar-refractivity contribution in [3.8, 4) is 5.75 Å². The van der Waals surface area contributed by atoms with Gasteiger partial charge in [0.15, 0.2) is 0 Å². The molecule has 0 unspecified atom stereocenters. The van der Waals surface area contributed by atoms with Gasteiger partial charge in [0.2, 0.25) is 11.8 Å². The first kappa shape index (κ1) is 16.8. The Bertz CT molecular complexity index is 585. The lowest BCUT2D eigenvalue weighted by Crippen LogP contribution is -2.49. The Labute approximate surface area is 134 Å². The van der Waals surface area contributed by atoms with Crippen LogP contribution in [-0.2, 0) is 25.5 Å². The molecule has 1 fully saturated rings. The fourth-order valence-electron chi connectivity index (χ4n) is 2.42. The Kier molecular flexibility index (Phi) is 5.56. The van der Waals surface area contributed by atoms with Crippen LogP contribution < -0.4 is 15.4 Å². The van der Waals surface area contributed by atoms with E-state index in [-0.39, 0.29) is 11.8 Å². The Hall–Kier alpha value is -2.57. The van der Waals surface area contributed by atoms with E-state index in [0.29, 0.717) is 25.0 Å². The minimum absolute atomic E-state index is 0.157. The summed E-state index contributed by atoms with van der Waals surface area (Å²) in [5.74, 6) is -0.353. The number of carbonyl (C=O) groups excluding carboxylic acids is 3. The lowest BCUT2D eigenvalue weighted by molar-refractivity contribution is -0.145. The standard InChI is InChI=1S/C16H20N2O5/c1-22-11-5-3-10(4-6-11)9-13(16(21)23-2)18-15(20)12-7-8-14(19)17-12/h3-6,12-13H,7-9H2,1-2H3,(H,17,19)(H,18,20)/t12-,13-/m0/s1. The number of hydrogen-bond donors (Lipinski definition) is 2. The van der Waals surface area contributed by atoms with Crippen molar-refractivity contribution in [2.24, 2.45) is 0 Å². The Morgan fingerprint density at radius 2 is 2.00 bits per heavy atom. The number of benzene rings is 1. The highest BCUT2D eigenvalue weighted by molar-refractivity contribution is 5.93. The van der Waals surface area contributed by atoms with E-state index >= 15 is 0 Å². The third kappa shape index (κ3) is 4.45. The van der Waals surface area contributed by atoms with Crippen LogP contribution in [0.4, 0.5) is 0 Å². The number of hydrogen-bond acceptors (Lipinski definition) is 5. The highest BCUT2D eigenvalue weighted by atomic mass is 16.5. The number of amides is 2. The third-order valence-electron chi connectivity index (χ3n) is 3.71. The average molecular weight is 320 g/mol. The van der Waals surface area contributed by atoms with E-state index in [1.807, 2.05) is 12.1 Å². The van der Waals surface area contributed by atoms with Gasteiger partial charge in [0.25, 0.3) is 0 Å². The summed E-state index contributed by atoms with van der Waals surface area (Å²) in [6.07, 6.45) is 1.05. The number of methoxy groups -OCH3 is 2. The topological polar surface area (TPSA) is 93.7 Å². The van der Waals surface area contributed by atoms with Crippen molar-refractivity contribution in [1.29, 1.82) is 0 Å². The van der Waals surface area contributed by atoms with Gasteiger partial charge in [-0.15, -0.1) is 0 Å². The summed E-state index contributed by atoms with van der Waals surface area (Å²) in [6.45, 7) is 0. The van der Waals surface area contributed by atoms with Gasteiger partial charge in [-0.05, 0) is 24.1 Å². The number of ether oxygens (including phenoxy) is 2. The summed E-state index contributed by atoms with van der Waals surface area (Å²) in [5.41, 5.74) is 0.858. The van der Waals surface area contributed by atoms with E-state index in [0.717, 1.165) is 5.56 Å². The van der Waals surface area contributed by atoms with Crippen molar-refractivity contribution >= 4 is 17.8 Å². The van der Waals surface area contributed by atoms with Gasteiger partial charge in [0.1, 0.15) is 17.8 Å². The van der Waals surface area contributed by atoms with Crippen LogP contribution in [0.15, 0.2) is 24.3 Å². The zero-order valence-corrected chi connectivity index (χ0v) is 13.1. The molecule has 7 heteroatoms. The molecule has 1 heterocycles. The maximum Gasteiger partial charge on any atom is 0.328 e. The molecule has 124 valence electrons. The van der Waals surface area contributed by atoms with E-state index in [9.17, 15) is 14.4 Å². The summed E-state index contributed by atoms with van der Waals surface area (Å²) in [4.78, 5) is 35.3. The number of esters is 1. The average Bonchev–Trinajstić information content (AvgIpc) is 3.00. The summed E-state index contributed by atoms with van der Waals surface area (Å²) in [6, 6.07) is 5.80. The van der Waals surface area contributed by atoms with Gasteiger partial charge >= 0.3 is 5.97 Å². The molecule has 0 spiro atoms. The molecule has 2 atom stereocenters. The first-order valence-corrected chi connectivity index (χ1v) is 7.34.